The Labute approximate surface area is 107 Å². The van der Waals surface area contributed by atoms with Crippen LogP contribution in [-0.4, -0.2) is 12.6 Å². The Morgan fingerprint density at radius 1 is 1.12 bits per heavy atom. The fourth-order valence-electron chi connectivity index (χ4n) is 2.19. The molecule has 0 aromatic heterocycles. The second kappa shape index (κ2) is 7.37. The number of unbranched alkanes of at least 4 members (excludes halogenated alkanes) is 1. The smallest absolute Gasteiger partial charge is 0.0368 e. The van der Waals surface area contributed by atoms with Crippen molar-refractivity contribution in [2.45, 2.75) is 52.5 Å². The first kappa shape index (κ1) is 14.1. The van der Waals surface area contributed by atoms with Gasteiger partial charge in [-0.2, -0.15) is 0 Å². The summed E-state index contributed by atoms with van der Waals surface area (Å²) < 4.78 is 0. The van der Waals surface area contributed by atoms with Crippen LogP contribution in [0.5, 0.6) is 0 Å². The van der Waals surface area contributed by atoms with Crippen molar-refractivity contribution in [2.24, 2.45) is 0 Å². The minimum Gasteiger partial charge on any atom is -0.369 e. The van der Waals surface area contributed by atoms with Crippen molar-refractivity contribution < 1.29 is 0 Å². The van der Waals surface area contributed by atoms with E-state index in [1.54, 1.807) is 0 Å². The van der Waals surface area contributed by atoms with E-state index in [-0.39, 0.29) is 0 Å². The van der Waals surface area contributed by atoms with Crippen molar-refractivity contribution in [2.75, 3.05) is 11.4 Å². The Hall–Kier alpha value is -0.980. The molecule has 0 saturated heterocycles. The van der Waals surface area contributed by atoms with E-state index in [0.717, 1.165) is 12.1 Å². The fourth-order valence-corrected chi connectivity index (χ4v) is 2.19. The van der Waals surface area contributed by atoms with Gasteiger partial charge in [-0.3, -0.25) is 0 Å². The van der Waals surface area contributed by atoms with Crippen LogP contribution in [0.1, 0.15) is 52.0 Å². The zero-order valence-electron chi connectivity index (χ0n) is 11.6. The Bertz CT molecular complexity index is 302. The number of hydrogen-bond acceptors (Lipinski definition) is 1. The maximum absolute atomic E-state index is 3.95. The first-order valence-corrected chi connectivity index (χ1v) is 6.87. The highest BCUT2D eigenvalue weighted by Crippen LogP contribution is 2.20. The number of hydrogen-bond donors (Lipinski definition) is 0. The minimum absolute atomic E-state index is 0.627. The van der Waals surface area contributed by atoms with Crippen LogP contribution in [0.15, 0.2) is 24.3 Å². The molecule has 1 atom stereocenters. The van der Waals surface area contributed by atoms with E-state index in [4.69, 9.17) is 0 Å². The van der Waals surface area contributed by atoms with Crippen LogP contribution >= 0.6 is 0 Å². The summed E-state index contributed by atoms with van der Waals surface area (Å²) in [5.41, 5.74) is 2.43. The molecule has 17 heavy (non-hydrogen) atoms. The average Bonchev–Trinajstić information content (AvgIpc) is 2.32. The average molecular weight is 232 g/mol. The van der Waals surface area contributed by atoms with Gasteiger partial charge >= 0.3 is 0 Å². The molecule has 0 N–H and O–H groups in total. The lowest BCUT2D eigenvalue weighted by atomic mass is 10.1. The van der Waals surface area contributed by atoms with Gasteiger partial charge in [0.2, 0.25) is 0 Å². The number of nitrogens with zero attached hydrogens (tertiary/aromatic N) is 1. The summed E-state index contributed by atoms with van der Waals surface area (Å²) in [6.45, 7) is 11.9. The molecule has 0 fully saturated rings. The van der Waals surface area contributed by atoms with E-state index in [9.17, 15) is 0 Å². The molecule has 1 aromatic rings. The molecule has 0 heterocycles. The Morgan fingerprint density at radius 3 is 2.29 bits per heavy atom. The number of rotatable bonds is 7. The van der Waals surface area contributed by atoms with Gasteiger partial charge in [0.1, 0.15) is 0 Å². The first-order chi connectivity index (χ1) is 8.19. The van der Waals surface area contributed by atoms with Crippen molar-refractivity contribution in [3.8, 4) is 0 Å². The van der Waals surface area contributed by atoms with Gasteiger partial charge in [0.15, 0.2) is 0 Å². The molecule has 95 valence electrons. The molecule has 0 aliphatic carbocycles. The summed E-state index contributed by atoms with van der Waals surface area (Å²) in [5.74, 6) is 0. The Balaban J connectivity index is 2.77. The van der Waals surface area contributed by atoms with E-state index in [0.29, 0.717) is 6.04 Å². The highest BCUT2D eigenvalue weighted by molar-refractivity contribution is 5.48. The van der Waals surface area contributed by atoms with Gasteiger partial charge in [-0.05, 0) is 44.4 Å². The molecule has 0 bridgehead atoms. The van der Waals surface area contributed by atoms with E-state index < -0.39 is 0 Å². The van der Waals surface area contributed by atoms with Crippen LogP contribution in [0.25, 0.3) is 0 Å². The summed E-state index contributed by atoms with van der Waals surface area (Å²) in [6, 6.07) is 9.23. The predicted molar refractivity (Wildman–Crippen MR) is 77.5 cm³/mol. The standard InChI is InChI=1S/C16H26N/c1-5-7-13-17(15(4)8-6-2)16-11-9-14(3)10-12-16/h9-12,15H,3,5-8,13H2,1-2,4H3. The first-order valence-electron chi connectivity index (χ1n) is 6.87. The highest BCUT2D eigenvalue weighted by atomic mass is 15.2. The molecule has 1 rings (SSSR count). The van der Waals surface area contributed by atoms with Gasteiger partial charge in [0.05, 0.1) is 0 Å². The lowest BCUT2D eigenvalue weighted by molar-refractivity contribution is 0.566. The molecule has 0 aliphatic rings. The van der Waals surface area contributed by atoms with Gasteiger partial charge in [-0.1, -0.05) is 38.8 Å². The third-order valence-corrected chi connectivity index (χ3v) is 3.26. The zero-order chi connectivity index (χ0) is 12.7. The van der Waals surface area contributed by atoms with E-state index in [2.05, 4.69) is 56.9 Å². The van der Waals surface area contributed by atoms with E-state index in [1.165, 1.54) is 31.4 Å². The predicted octanol–water partition coefficient (Wildman–Crippen LogP) is 4.66. The second-order valence-electron chi connectivity index (χ2n) is 4.85. The van der Waals surface area contributed by atoms with Crippen LogP contribution in [-0.2, 0) is 0 Å². The van der Waals surface area contributed by atoms with Crippen molar-refractivity contribution >= 4 is 5.69 Å². The third kappa shape index (κ3) is 4.41. The van der Waals surface area contributed by atoms with Crippen molar-refractivity contribution in [1.29, 1.82) is 0 Å². The molecule has 0 amide bonds. The van der Waals surface area contributed by atoms with Crippen molar-refractivity contribution in [3.63, 3.8) is 0 Å². The quantitative estimate of drug-likeness (QED) is 0.660. The molecule has 1 nitrogen and oxygen atoms in total. The zero-order valence-corrected chi connectivity index (χ0v) is 11.6. The summed E-state index contributed by atoms with van der Waals surface area (Å²) >= 11 is 0. The minimum atomic E-state index is 0.627. The maximum atomic E-state index is 3.95. The number of anilines is 1. The Morgan fingerprint density at radius 2 is 1.76 bits per heavy atom. The van der Waals surface area contributed by atoms with Crippen LogP contribution in [0.2, 0.25) is 0 Å². The van der Waals surface area contributed by atoms with Crippen LogP contribution in [0.3, 0.4) is 0 Å². The van der Waals surface area contributed by atoms with Crippen LogP contribution in [0.4, 0.5) is 5.69 Å². The second-order valence-corrected chi connectivity index (χ2v) is 4.85. The van der Waals surface area contributed by atoms with Gasteiger partial charge in [-0.25, -0.2) is 0 Å². The molecule has 0 saturated carbocycles. The Kier molecular flexibility index (Phi) is 6.10. The summed E-state index contributed by atoms with van der Waals surface area (Å²) in [4.78, 5) is 2.53. The summed E-state index contributed by atoms with van der Waals surface area (Å²) in [6.07, 6.45) is 5.02. The van der Waals surface area contributed by atoms with Gasteiger partial charge in [0.25, 0.3) is 0 Å². The third-order valence-electron chi connectivity index (χ3n) is 3.26. The SMILES string of the molecule is [CH2]c1ccc(N(CCCC)C(C)CCC)cc1. The largest absolute Gasteiger partial charge is 0.369 e. The fraction of sp³-hybridized carbons (Fsp3) is 0.562. The van der Waals surface area contributed by atoms with Crippen LogP contribution in [0, 0.1) is 6.92 Å². The molecule has 0 aliphatic heterocycles. The van der Waals surface area contributed by atoms with Gasteiger partial charge in [-0.15, -0.1) is 0 Å². The van der Waals surface area contributed by atoms with Gasteiger partial charge < -0.3 is 4.90 Å². The molecule has 1 heteroatoms. The molecular weight excluding hydrogens is 206 g/mol. The van der Waals surface area contributed by atoms with Crippen molar-refractivity contribution in [3.05, 3.63) is 36.8 Å². The molecular formula is C16H26N. The molecule has 0 spiro atoms. The van der Waals surface area contributed by atoms with Crippen LogP contribution < -0.4 is 4.90 Å². The van der Waals surface area contributed by atoms with Gasteiger partial charge in [0, 0.05) is 18.3 Å². The molecule has 1 unspecified atom stereocenters. The van der Waals surface area contributed by atoms with E-state index in [1.807, 2.05) is 0 Å². The lowest BCUT2D eigenvalue weighted by Crippen LogP contribution is -2.33. The monoisotopic (exact) mass is 232 g/mol. The summed E-state index contributed by atoms with van der Waals surface area (Å²) in [5, 5.41) is 0. The normalized spacial score (nSPS) is 12.5. The topological polar surface area (TPSA) is 3.24 Å². The molecule has 1 radical (unpaired) electrons. The number of benzene rings is 1. The van der Waals surface area contributed by atoms with E-state index >= 15 is 0 Å². The lowest BCUT2D eigenvalue weighted by Gasteiger charge is -2.31. The maximum Gasteiger partial charge on any atom is 0.0368 e. The summed E-state index contributed by atoms with van der Waals surface area (Å²) in [7, 11) is 0. The molecule has 1 aromatic carbocycles. The highest BCUT2D eigenvalue weighted by Gasteiger charge is 2.12. The van der Waals surface area contributed by atoms with Crippen molar-refractivity contribution in [1.82, 2.24) is 0 Å².